The van der Waals surface area contributed by atoms with Crippen LogP contribution in [0.2, 0.25) is 5.02 Å². The van der Waals surface area contributed by atoms with Crippen LogP contribution in [-0.4, -0.2) is 11.3 Å². The molecule has 0 bridgehead atoms. The molecule has 1 aliphatic heterocycles. The average Bonchev–Trinajstić information content (AvgIpc) is 2.83. The summed E-state index contributed by atoms with van der Waals surface area (Å²) in [5.41, 5.74) is 2.27. The van der Waals surface area contributed by atoms with Gasteiger partial charge >= 0.3 is 0 Å². The standard InChI is InChI=1S/C18H15ClN2O/c1-18(2)15(12-6-4-3-5-7-12)16(20-21-18)17(22)13-8-10-14(19)11-9-13/h3-11H,1-2H3. The number of Topliss-reactive ketones (excluding diaryl/α,β-unsaturated/α-hetero) is 1. The highest BCUT2D eigenvalue weighted by molar-refractivity contribution is 6.30. The van der Waals surface area contributed by atoms with Gasteiger partial charge in [-0.3, -0.25) is 4.79 Å². The first-order chi connectivity index (χ1) is 10.5. The van der Waals surface area contributed by atoms with Crippen LogP contribution in [0.25, 0.3) is 5.57 Å². The lowest BCUT2D eigenvalue weighted by atomic mass is 9.86. The molecule has 4 heteroatoms. The first-order valence-electron chi connectivity index (χ1n) is 7.02. The molecule has 0 aromatic heterocycles. The van der Waals surface area contributed by atoms with Crippen molar-refractivity contribution in [3.8, 4) is 0 Å². The van der Waals surface area contributed by atoms with E-state index in [1.54, 1.807) is 24.3 Å². The maximum atomic E-state index is 12.8. The Kier molecular flexibility index (Phi) is 3.67. The highest BCUT2D eigenvalue weighted by Crippen LogP contribution is 2.40. The van der Waals surface area contributed by atoms with Crippen molar-refractivity contribution in [2.75, 3.05) is 0 Å². The largest absolute Gasteiger partial charge is 0.287 e. The van der Waals surface area contributed by atoms with Crippen LogP contribution in [0.15, 0.2) is 70.5 Å². The molecule has 110 valence electrons. The molecule has 0 aliphatic carbocycles. The first-order valence-corrected chi connectivity index (χ1v) is 7.40. The number of nitrogens with zero attached hydrogens (tertiary/aromatic N) is 2. The molecule has 1 aliphatic rings. The van der Waals surface area contributed by atoms with E-state index < -0.39 is 5.54 Å². The Hall–Kier alpha value is -2.26. The number of allylic oxidation sites excluding steroid dienone is 1. The minimum Gasteiger partial charge on any atom is -0.287 e. The van der Waals surface area contributed by atoms with E-state index in [4.69, 9.17) is 11.6 Å². The van der Waals surface area contributed by atoms with Crippen molar-refractivity contribution < 1.29 is 4.79 Å². The van der Waals surface area contributed by atoms with Crippen LogP contribution in [0.1, 0.15) is 29.8 Å². The van der Waals surface area contributed by atoms with E-state index in [9.17, 15) is 4.79 Å². The predicted octanol–water partition coefficient (Wildman–Crippen LogP) is 5.18. The lowest BCUT2D eigenvalue weighted by molar-refractivity contribution is 0.103. The fraction of sp³-hybridized carbons (Fsp3) is 0.167. The molecule has 1 heterocycles. The van der Waals surface area contributed by atoms with E-state index in [0.29, 0.717) is 16.3 Å². The summed E-state index contributed by atoms with van der Waals surface area (Å²) >= 11 is 5.88. The number of ketones is 1. The average molecular weight is 311 g/mol. The van der Waals surface area contributed by atoms with Crippen LogP contribution >= 0.6 is 11.6 Å². The van der Waals surface area contributed by atoms with E-state index in [1.165, 1.54) is 0 Å². The van der Waals surface area contributed by atoms with Crippen molar-refractivity contribution in [1.29, 1.82) is 0 Å². The maximum Gasteiger partial charge on any atom is 0.213 e. The predicted molar refractivity (Wildman–Crippen MR) is 88.1 cm³/mol. The topological polar surface area (TPSA) is 41.8 Å². The summed E-state index contributed by atoms with van der Waals surface area (Å²) < 4.78 is 0. The molecule has 0 saturated heterocycles. The number of hydrogen-bond acceptors (Lipinski definition) is 3. The zero-order valence-corrected chi connectivity index (χ0v) is 13.1. The molecule has 0 N–H and O–H groups in total. The molecule has 0 amide bonds. The van der Waals surface area contributed by atoms with Gasteiger partial charge in [0.1, 0.15) is 11.2 Å². The Morgan fingerprint density at radius 1 is 1.00 bits per heavy atom. The molecule has 0 radical (unpaired) electrons. The van der Waals surface area contributed by atoms with E-state index in [1.807, 2.05) is 44.2 Å². The number of carbonyl (C=O) groups is 1. The smallest absolute Gasteiger partial charge is 0.213 e. The number of halogens is 1. The third-order valence-corrected chi connectivity index (χ3v) is 3.88. The minimum atomic E-state index is -0.515. The summed E-state index contributed by atoms with van der Waals surface area (Å²) in [6.45, 7) is 3.92. The van der Waals surface area contributed by atoms with Gasteiger partial charge in [-0.15, -0.1) is 0 Å². The molecule has 0 unspecified atom stereocenters. The lowest BCUT2D eigenvalue weighted by Gasteiger charge is -2.18. The van der Waals surface area contributed by atoms with Gasteiger partial charge < -0.3 is 0 Å². The lowest BCUT2D eigenvalue weighted by Crippen LogP contribution is -2.17. The van der Waals surface area contributed by atoms with Gasteiger partial charge in [0.25, 0.3) is 0 Å². The van der Waals surface area contributed by atoms with Gasteiger partial charge in [-0.2, -0.15) is 10.2 Å². The van der Waals surface area contributed by atoms with Crippen LogP contribution in [0.3, 0.4) is 0 Å². The van der Waals surface area contributed by atoms with Crippen molar-refractivity contribution >= 4 is 23.0 Å². The molecule has 3 nitrogen and oxygen atoms in total. The van der Waals surface area contributed by atoms with Gasteiger partial charge in [0.15, 0.2) is 0 Å². The van der Waals surface area contributed by atoms with E-state index >= 15 is 0 Å². The molecule has 0 atom stereocenters. The SMILES string of the molecule is CC1(C)N=NC(C(=O)c2ccc(Cl)cc2)=C1c1ccccc1. The van der Waals surface area contributed by atoms with E-state index in [2.05, 4.69) is 10.2 Å². The quantitative estimate of drug-likeness (QED) is 0.720. The van der Waals surface area contributed by atoms with Gasteiger partial charge in [-0.25, -0.2) is 0 Å². The fourth-order valence-electron chi connectivity index (χ4n) is 2.56. The molecule has 0 fully saturated rings. The normalized spacial score (nSPS) is 16.1. The molecule has 3 rings (SSSR count). The fourth-order valence-corrected chi connectivity index (χ4v) is 2.68. The van der Waals surface area contributed by atoms with Crippen molar-refractivity contribution in [3.05, 3.63) is 76.4 Å². The number of azo groups is 1. The number of hydrogen-bond donors (Lipinski definition) is 0. The first kappa shape index (κ1) is 14.7. The third-order valence-electron chi connectivity index (χ3n) is 3.63. The Balaban J connectivity index is 2.11. The summed E-state index contributed by atoms with van der Waals surface area (Å²) in [6.07, 6.45) is 0. The second-order valence-corrected chi connectivity index (χ2v) is 6.12. The molecule has 22 heavy (non-hydrogen) atoms. The van der Waals surface area contributed by atoms with E-state index in [0.717, 1.165) is 11.1 Å². The summed E-state index contributed by atoms with van der Waals surface area (Å²) in [5, 5.41) is 9.04. The highest BCUT2D eigenvalue weighted by atomic mass is 35.5. The molecular weight excluding hydrogens is 296 g/mol. The van der Waals surface area contributed by atoms with Crippen LogP contribution < -0.4 is 0 Å². The Morgan fingerprint density at radius 3 is 2.27 bits per heavy atom. The minimum absolute atomic E-state index is 0.134. The summed E-state index contributed by atoms with van der Waals surface area (Å²) in [4.78, 5) is 12.8. The van der Waals surface area contributed by atoms with Gasteiger partial charge in [-0.05, 0) is 43.7 Å². The number of carbonyl (C=O) groups excluding carboxylic acids is 1. The van der Waals surface area contributed by atoms with Crippen molar-refractivity contribution in [2.24, 2.45) is 10.2 Å². The molecule has 2 aromatic carbocycles. The van der Waals surface area contributed by atoms with E-state index in [-0.39, 0.29) is 5.78 Å². The molecule has 0 spiro atoms. The monoisotopic (exact) mass is 310 g/mol. The summed E-state index contributed by atoms with van der Waals surface area (Å²) in [5.74, 6) is -0.134. The maximum absolute atomic E-state index is 12.8. The van der Waals surface area contributed by atoms with Crippen molar-refractivity contribution in [2.45, 2.75) is 19.4 Å². The third kappa shape index (κ3) is 2.60. The van der Waals surface area contributed by atoms with Crippen molar-refractivity contribution in [1.82, 2.24) is 0 Å². The molecular formula is C18H15ClN2O. The number of benzene rings is 2. The van der Waals surface area contributed by atoms with Crippen LogP contribution in [0.5, 0.6) is 0 Å². The molecule has 0 saturated carbocycles. The highest BCUT2D eigenvalue weighted by Gasteiger charge is 2.35. The Bertz CT molecular complexity index is 774. The van der Waals surface area contributed by atoms with Crippen LogP contribution in [0, 0.1) is 0 Å². The zero-order valence-electron chi connectivity index (χ0n) is 12.4. The van der Waals surface area contributed by atoms with Crippen LogP contribution in [0.4, 0.5) is 0 Å². The molecule has 2 aromatic rings. The van der Waals surface area contributed by atoms with Gasteiger partial charge in [-0.1, -0.05) is 41.9 Å². The Morgan fingerprint density at radius 2 is 1.64 bits per heavy atom. The van der Waals surface area contributed by atoms with Crippen LogP contribution in [-0.2, 0) is 0 Å². The second-order valence-electron chi connectivity index (χ2n) is 5.68. The zero-order chi connectivity index (χ0) is 15.7. The summed E-state index contributed by atoms with van der Waals surface area (Å²) in [7, 11) is 0. The van der Waals surface area contributed by atoms with Gasteiger partial charge in [0.2, 0.25) is 5.78 Å². The number of rotatable bonds is 3. The summed E-state index contributed by atoms with van der Waals surface area (Å²) in [6, 6.07) is 16.6. The van der Waals surface area contributed by atoms with Crippen molar-refractivity contribution in [3.63, 3.8) is 0 Å². The second kappa shape index (κ2) is 5.50. The van der Waals surface area contributed by atoms with Gasteiger partial charge in [0.05, 0.1) is 0 Å². The van der Waals surface area contributed by atoms with Gasteiger partial charge in [0, 0.05) is 16.2 Å². The Labute approximate surface area is 134 Å².